The summed E-state index contributed by atoms with van der Waals surface area (Å²) in [4.78, 5) is 68.9. The zero-order valence-corrected chi connectivity index (χ0v) is 35.4. The van der Waals surface area contributed by atoms with E-state index in [4.69, 9.17) is 23.7 Å². The number of benzene rings is 2. The van der Waals surface area contributed by atoms with Crippen molar-refractivity contribution in [1.82, 2.24) is 5.32 Å². The largest absolute Gasteiger partial charge is 0.456 e. The first-order valence-corrected chi connectivity index (χ1v) is 19.3. The lowest BCUT2D eigenvalue weighted by atomic mass is 9.44. The number of rotatable bonds is 8. The molecule has 6 rings (SSSR count). The van der Waals surface area contributed by atoms with Crippen molar-refractivity contribution < 1.29 is 84.5 Å². The molecule has 338 valence electrons. The summed E-state index contributed by atoms with van der Waals surface area (Å²) < 4.78 is 29.5. The number of carbonyl (C=O) groups excluding carboxylic acids is 5. The fourth-order valence-electron chi connectivity index (χ4n) is 9.56. The van der Waals surface area contributed by atoms with Crippen molar-refractivity contribution in [3.63, 3.8) is 0 Å². The molecular formula is C43H59NO17. The van der Waals surface area contributed by atoms with E-state index in [1.807, 2.05) is 0 Å². The highest BCUT2D eigenvalue weighted by Crippen LogP contribution is 2.64. The van der Waals surface area contributed by atoms with Crippen molar-refractivity contribution in [1.29, 1.82) is 0 Å². The molecule has 4 aliphatic rings. The van der Waals surface area contributed by atoms with E-state index in [2.05, 4.69) is 5.32 Å². The van der Waals surface area contributed by atoms with Crippen LogP contribution in [0.1, 0.15) is 90.2 Å². The zero-order chi connectivity index (χ0) is 42.7. The van der Waals surface area contributed by atoms with Gasteiger partial charge in [-0.15, -0.1) is 0 Å². The Labute approximate surface area is 353 Å². The molecule has 1 amide bonds. The first-order chi connectivity index (χ1) is 27.0. The molecule has 61 heavy (non-hydrogen) atoms. The van der Waals surface area contributed by atoms with Crippen molar-refractivity contribution in [2.45, 2.75) is 128 Å². The Morgan fingerprint density at radius 1 is 0.918 bits per heavy atom. The molecule has 2 aromatic rings. The highest BCUT2D eigenvalue weighted by atomic mass is 16.6. The maximum absolute atomic E-state index is 14.9. The number of esters is 3. The molecule has 2 bridgehead atoms. The van der Waals surface area contributed by atoms with Gasteiger partial charge < -0.3 is 65.9 Å². The summed E-state index contributed by atoms with van der Waals surface area (Å²) >= 11 is 0. The van der Waals surface area contributed by atoms with Crippen molar-refractivity contribution in [3.05, 3.63) is 82.9 Å². The summed E-state index contributed by atoms with van der Waals surface area (Å²) in [5, 5.41) is 51.6. The third-order valence-electron chi connectivity index (χ3n) is 12.6. The summed E-state index contributed by atoms with van der Waals surface area (Å²) in [6, 6.07) is 14.6. The fourth-order valence-corrected chi connectivity index (χ4v) is 9.56. The average Bonchev–Trinajstić information content (AvgIpc) is 3.14. The third kappa shape index (κ3) is 8.55. The number of carbonyl (C=O) groups is 5. The van der Waals surface area contributed by atoms with Gasteiger partial charge in [-0.1, -0.05) is 62.4 Å². The van der Waals surface area contributed by atoms with Crippen molar-refractivity contribution >= 4 is 29.8 Å². The number of aliphatic hydroxyl groups is 4. The number of hydrogen-bond acceptors (Lipinski definition) is 14. The van der Waals surface area contributed by atoms with Crippen LogP contribution < -0.4 is 5.32 Å². The lowest BCUT2D eigenvalue weighted by Gasteiger charge is -2.67. The van der Waals surface area contributed by atoms with E-state index < -0.39 is 112 Å². The number of fused-ring (bicyclic) bond motifs is 5. The summed E-state index contributed by atoms with van der Waals surface area (Å²) in [7, 11) is 0. The lowest BCUT2D eigenvalue weighted by molar-refractivity contribution is -0.346. The Hall–Kier alpha value is -4.79. The second-order valence-corrected chi connectivity index (χ2v) is 17.6. The summed E-state index contributed by atoms with van der Waals surface area (Å²) in [6.45, 7) is 11.8. The van der Waals surface area contributed by atoms with E-state index in [0.29, 0.717) is 5.56 Å². The minimum absolute atomic E-state index is 0. The molecule has 18 heteroatoms. The number of alkyl carbamates (subject to hydrolysis) is 1. The van der Waals surface area contributed by atoms with Crippen LogP contribution in [-0.2, 0) is 38.1 Å². The second-order valence-electron chi connectivity index (χ2n) is 17.6. The quantitative estimate of drug-likeness (QED) is 0.139. The Bertz CT molecular complexity index is 1980. The number of Topliss-reactive ketones (excluding diaryl/α,β-unsaturated/α-hetero) is 1. The Morgan fingerprint density at radius 2 is 1.49 bits per heavy atom. The van der Waals surface area contributed by atoms with Gasteiger partial charge in [0.05, 0.1) is 35.6 Å². The summed E-state index contributed by atoms with van der Waals surface area (Å²) in [5.41, 5.74) is -8.14. The van der Waals surface area contributed by atoms with Gasteiger partial charge in [-0.25, -0.2) is 14.4 Å². The van der Waals surface area contributed by atoms with Crippen LogP contribution in [0.4, 0.5) is 4.79 Å². The lowest BCUT2D eigenvalue weighted by Crippen LogP contribution is -2.81. The van der Waals surface area contributed by atoms with E-state index in [1.165, 1.54) is 26.0 Å². The minimum Gasteiger partial charge on any atom is -0.456 e. The van der Waals surface area contributed by atoms with Gasteiger partial charge >= 0.3 is 24.0 Å². The van der Waals surface area contributed by atoms with Gasteiger partial charge in [0.25, 0.3) is 0 Å². The molecular weight excluding hydrogens is 802 g/mol. The summed E-state index contributed by atoms with van der Waals surface area (Å²) in [5.74, 6) is -5.36. The highest BCUT2D eigenvalue weighted by molar-refractivity contribution is 5.94. The molecule has 0 spiro atoms. The molecule has 1 heterocycles. The average molecular weight is 862 g/mol. The molecule has 3 fully saturated rings. The number of aliphatic hydroxyl groups excluding tert-OH is 3. The van der Waals surface area contributed by atoms with E-state index >= 15 is 0 Å². The van der Waals surface area contributed by atoms with Gasteiger partial charge in [0.2, 0.25) is 0 Å². The van der Waals surface area contributed by atoms with E-state index in [1.54, 1.807) is 83.1 Å². The SMILES string of the molecule is CC(=O)OC12CO[C@@H]1C[C@H](O)[C@@]1(C)C(=O)[C@H](O)C3=C(C)[C@@H](OC(=O)[C@H](O)[C@@H](NC(=O)OC(C)(C)C)c4ccccc4)C[C@@](O)([C@@H](OC(=O)c4ccccc4)[C@H]21)C3(C)C.O.O.O. The molecule has 2 saturated carbocycles. The fraction of sp³-hybridized carbons (Fsp3) is 0.558. The van der Waals surface area contributed by atoms with E-state index in [-0.39, 0.29) is 46.2 Å². The predicted octanol–water partition coefficient (Wildman–Crippen LogP) is 0.786. The second kappa shape index (κ2) is 17.9. The molecule has 1 unspecified atom stereocenters. The predicted molar refractivity (Wildman–Crippen MR) is 214 cm³/mol. The Morgan fingerprint density at radius 3 is 2.02 bits per heavy atom. The van der Waals surface area contributed by atoms with Gasteiger partial charge in [0.15, 0.2) is 17.5 Å². The minimum atomic E-state index is -2.35. The zero-order valence-electron chi connectivity index (χ0n) is 35.4. The molecule has 11 atom stereocenters. The Balaban J connectivity index is 0.00000331. The first-order valence-electron chi connectivity index (χ1n) is 19.3. The van der Waals surface area contributed by atoms with Gasteiger partial charge in [0.1, 0.15) is 35.6 Å². The van der Waals surface area contributed by atoms with E-state index in [0.717, 1.165) is 6.92 Å². The third-order valence-corrected chi connectivity index (χ3v) is 12.6. The van der Waals surface area contributed by atoms with E-state index in [9.17, 15) is 44.4 Å². The van der Waals surface area contributed by atoms with Crippen molar-refractivity contribution in [2.75, 3.05) is 6.61 Å². The van der Waals surface area contributed by atoms with Crippen LogP contribution in [0.3, 0.4) is 0 Å². The maximum atomic E-state index is 14.9. The molecule has 3 aliphatic carbocycles. The van der Waals surface area contributed by atoms with Crippen LogP contribution in [0.15, 0.2) is 71.8 Å². The monoisotopic (exact) mass is 861 g/mol. The molecule has 1 aliphatic heterocycles. The van der Waals surface area contributed by atoms with Crippen LogP contribution in [0.25, 0.3) is 0 Å². The van der Waals surface area contributed by atoms with Gasteiger partial charge in [0, 0.05) is 25.2 Å². The molecule has 0 aromatic heterocycles. The van der Waals surface area contributed by atoms with Gasteiger partial charge in [-0.05, 0) is 63.5 Å². The highest BCUT2D eigenvalue weighted by Gasteiger charge is 2.78. The molecule has 0 radical (unpaired) electrons. The molecule has 18 nitrogen and oxygen atoms in total. The molecule has 11 N–H and O–H groups in total. The maximum Gasteiger partial charge on any atom is 0.408 e. The standard InChI is InChI=1S/C43H53NO14.3H2O/c1-22-26(55-37(51)32(48)30(24-15-11-9-12-16-24)44-38(52)58-39(3,4)5)20-43(53)35(56-36(50)25-17-13-10-14-18-25)33-41(8,34(49)31(47)29(22)40(43,6)7)27(46)19-28-42(33,21-54-28)57-23(2)45;;;/h9-18,26-28,30-33,35,46-48,53H,19-21H2,1-8H3,(H,44,52);3*1H2/t26-,27-,28+,30-,31+,32+,33-,35-,41+,42?,43+;;;/m0.../s1. The number of ketones is 1. The van der Waals surface area contributed by atoms with Crippen LogP contribution in [-0.4, -0.2) is 127 Å². The van der Waals surface area contributed by atoms with Gasteiger partial charge in [-0.2, -0.15) is 0 Å². The molecule has 2 aromatic carbocycles. The normalized spacial score (nSPS) is 32.0. The number of amides is 1. The number of ether oxygens (including phenoxy) is 5. The first kappa shape index (κ1) is 50.6. The van der Waals surface area contributed by atoms with Crippen LogP contribution in [0.5, 0.6) is 0 Å². The van der Waals surface area contributed by atoms with Crippen LogP contribution in [0.2, 0.25) is 0 Å². The van der Waals surface area contributed by atoms with Crippen LogP contribution >= 0.6 is 0 Å². The van der Waals surface area contributed by atoms with Crippen molar-refractivity contribution in [2.24, 2.45) is 16.7 Å². The number of hydrogen-bond donors (Lipinski definition) is 5. The topological polar surface area (TPSA) is 319 Å². The van der Waals surface area contributed by atoms with Crippen molar-refractivity contribution in [3.8, 4) is 0 Å². The summed E-state index contributed by atoms with van der Waals surface area (Å²) in [6.07, 6.45) is -11.5. The van der Waals surface area contributed by atoms with Crippen LogP contribution in [0, 0.1) is 16.7 Å². The Kier molecular flexibility index (Phi) is 14.8. The smallest absolute Gasteiger partial charge is 0.408 e. The molecule has 1 saturated heterocycles. The van der Waals surface area contributed by atoms with Gasteiger partial charge in [-0.3, -0.25) is 9.59 Å². The number of nitrogens with one attached hydrogen (secondary N) is 1.